The average Bonchev–Trinajstić information content (AvgIpc) is 2.42. The zero-order valence-electron chi connectivity index (χ0n) is 12.0. The fourth-order valence-corrected chi connectivity index (χ4v) is 1.71. The van der Waals surface area contributed by atoms with E-state index in [-0.39, 0.29) is 23.7 Å². The van der Waals surface area contributed by atoms with Gasteiger partial charge in [0.15, 0.2) is 0 Å². The van der Waals surface area contributed by atoms with Gasteiger partial charge in [0.1, 0.15) is 5.69 Å². The van der Waals surface area contributed by atoms with Crippen LogP contribution in [0.4, 0.5) is 11.4 Å². The van der Waals surface area contributed by atoms with Crippen molar-refractivity contribution in [1.82, 2.24) is 4.90 Å². The summed E-state index contributed by atoms with van der Waals surface area (Å²) in [4.78, 5) is 34.3. The quantitative estimate of drug-likeness (QED) is 0.441. The molecule has 0 aliphatic carbocycles. The van der Waals surface area contributed by atoms with Gasteiger partial charge in [-0.25, -0.2) is 0 Å². The van der Waals surface area contributed by atoms with E-state index in [0.29, 0.717) is 18.5 Å². The van der Waals surface area contributed by atoms with Crippen molar-refractivity contribution in [2.24, 2.45) is 5.73 Å². The maximum Gasteiger partial charge on any atom is 0.292 e. The van der Waals surface area contributed by atoms with Gasteiger partial charge >= 0.3 is 0 Å². The molecule has 0 aliphatic heterocycles. The first-order chi connectivity index (χ1) is 9.82. The third-order valence-electron chi connectivity index (χ3n) is 2.76. The predicted molar refractivity (Wildman–Crippen MR) is 78.0 cm³/mol. The summed E-state index contributed by atoms with van der Waals surface area (Å²) < 4.78 is 0. The van der Waals surface area contributed by atoms with Gasteiger partial charge in [0, 0.05) is 38.7 Å². The van der Waals surface area contributed by atoms with Crippen LogP contribution in [0.2, 0.25) is 0 Å². The summed E-state index contributed by atoms with van der Waals surface area (Å²) in [5, 5.41) is 13.8. The first kappa shape index (κ1) is 16.4. The Morgan fingerprint density at radius 1 is 1.38 bits per heavy atom. The number of nitrogens with zero attached hydrogens (tertiary/aromatic N) is 2. The Morgan fingerprint density at radius 3 is 2.57 bits per heavy atom. The first-order valence-corrected chi connectivity index (χ1v) is 6.35. The van der Waals surface area contributed by atoms with Crippen LogP contribution in [-0.2, 0) is 4.79 Å². The Labute approximate surface area is 122 Å². The van der Waals surface area contributed by atoms with E-state index in [2.05, 4.69) is 5.32 Å². The Kier molecular flexibility index (Phi) is 5.65. The lowest BCUT2D eigenvalue weighted by molar-refractivity contribution is -0.384. The summed E-state index contributed by atoms with van der Waals surface area (Å²) in [5.74, 6) is -0.673. The topological polar surface area (TPSA) is 119 Å². The zero-order chi connectivity index (χ0) is 16.0. The Hall–Kier alpha value is -2.64. The highest BCUT2D eigenvalue weighted by molar-refractivity contribution is 5.95. The van der Waals surface area contributed by atoms with Gasteiger partial charge in [-0.2, -0.15) is 0 Å². The number of rotatable bonds is 7. The number of amides is 2. The number of nitrogens with two attached hydrogens (primary N) is 1. The molecule has 1 aromatic carbocycles. The molecule has 21 heavy (non-hydrogen) atoms. The van der Waals surface area contributed by atoms with Crippen LogP contribution in [0.1, 0.15) is 23.2 Å². The van der Waals surface area contributed by atoms with Crippen LogP contribution < -0.4 is 11.1 Å². The first-order valence-electron chi connectivity index (χ1n) is 6.35. The minimum atomic E-state index is -0.527. The van der Waals surface area contributed by atoms with Gasteiger partial charge in [0.25, 0.3) is 11.6 Å². The molecule has 0 radical (unpaired) electrons. The largest absolute Gasteiger partial charge is 0.379 e. The van der Waals surface area contributed by atoms with E-state index < -0.39 is 10.8 Å². The monoisotopic (exact) mass is 294 g/mol. The number of anilines is 1. The lowest BCUT2D eigenvalue weighted by atomic mass is 10.1. The van der Waals surface area contributed by atoms with E-state index in [4.69, 9.17) is 5.73 Å². The number of nitrogens with one attached hydrogen (secondary N) is 1. The van der Waals surface area contributed by atoms with Crippen molar-refractivity contribution in [2.45, 2.75) is 12.8 Å². The molecule has 0 heterocycles. The second-order valence-corrected chi connectivity index (χ2v) is 4.69. The predicted octanol–water partition coefficient (Wildman–Crippen LogP) is 0.974. The molecule has 0 spiro atoms. The van der Waals surface area contributed by atoms with E-state index in [1.807, 2.05) is 0 Å². The van der Waals surface area contributed by atoms with Crippen LogP contribution in [0.15, 0.2) is 18.2 Å². The molecular weight excluding hydrogens is 276 g/mol. The van der Waals surface area contributed by atoms with E-state index in [9.17, 15) is 19.7 Å². The van der Waals surface area contributed by atoms with Crippen molar-refractivity contribution in [3.63, 3.8) is 0 Å². The molecule has 0 saturated carbocycles. The number of benzene rings is 1. The SMILES string of the molecule is CN(C)C(=O)c1ccc([N+](=O)[O-])c(NCCCC(N)=O)c1. The zero-order valence-corrected chi connectivity index (χ0v) is 12.0. The molecule has 0 aliphatic rings. The van der Waals surface area contributed by atoms with E-state index in [0.717, 1.165) is 0 Å². The minimum absolute atomic E-state index is 0.121. The Morgan fingerprint density at radius 2 is 2.05 bits per heavy atom. The molecule has 3 N–H and O–H groups in total. The van der Waals surface area contributed by atoms with Crippen molar-refractivity contribution in [2.75, 3.05) is 26.0 Å². The summed E-state index contributed by atoms with van der Waals surface area (Å²) in [5.41, 5.74) is 5.50. The molecule has 0 bridgehead atoms. The second kappa shape index (κ2) is 7.22. The van der Waals surface area contributed by atoms with Crippen molar-refractivity contribution in [3.8, 4) is 0 Å². The van der Waals surface area contributed by atoms with Crippen LogP contribution in [0.5, 0.6) is 0 Å². The number of nitro groups is 1. The van der Waals surface area contributed by atoms with Crippen LogP contribution in [0, 0.1) is 10.1 Å². The molecular formula is C13H18N4O4. The summed E-state index contributed by atoms with van der Waals surface area (Å²) in [6, 6.07) is 4.13. The van der Waals surface area contributed by atoms with Crippen LogP contribution in [0.3, 0.4) is 0 Å². The highest BCUT2D eigenvalue weighted by Gasteiger charge is 2.17. The Balaban J connectivity index is 2.91. The second-order valence-electron chi connectivity index (χ2n) is 4.69. The van der Waals surface area contributed by atoms with Crippen molar-refractivity contribution < 1.29 is 14.5 Å². The van der Waals surface area contributed by atoms with Gasteiger partial charge in [-0.15, -0.1) is 0 Å². The number of carbonyl (C=O) groups excluding carboxylic acids is 2. The van der Waals surface area contributed by atoms with Crippen molar-refractivity contribution in [3.05, 3.63) is 33.9 Å². The van der Waals surface area contributed by atoms with Crippen LogP contribution in [-0.4, -0.2) is 42.3 Å². The smallest absolute Gasteiger partial charge is 0.292 e. The van der Waals surface area contributed by atoms with Crippen molar-refractivity contribution in [1.29, 1.82) is 0 Å². The maximum absolute atomic E-state index is 11.9. The number of nitro benzene ring substituents is 1. The summed E-state index contributed by atoms with van der Waals surface area (Å²) in [6.45, 7) is 0.351. The third-order valence-corrected chi connectivity index (χ3v) is 2.76. The molecule has 114 valence electrons. The number of primary amides is 1. The summed E-state index contributed by atoms with van der Waals surface area (Å²) in [7, 11) is 3.20. The number of hydrogen-bond acceptors (Lipinski definition) is 5. The van der Waals surface area contributed by atoms with E-state index >= 15 is 0 Å². The van der Waals surface area contributed by atoms with Crippen LogP contribution in [0.25, 0.3) is 0 Å². The Bertz CT molecular complexity index is 557. The molecule has 1 rings (SSSR count). The average molecular weight is 294 g/mol. The molecule has 0 aromatic heterocycles. The van der Waals surface area contributed by atoms with Crippen molar-refractivity contribution >= 4 is 23.2 Å². The normalized spacial score (nSPS) is 10.0. The molecule has 0 saturated heterocycles. The summed E-state index contributed by atoms with van der Waals surface area (Å²) >= 11 is 0. The molecule has 1 aromatic rings. The fourth-order valence-electron chi connectivity index (χ4n) is 1.71. The van der Waals surface area contributed by atoms with Gasteiger partial charge in [-0.05, 0) is 18.6 Å². The molecule has 0 atom stereocenters. The molecule has 8 nitrogen and oxygen atoms in total. The standard InChI is InChI=1S/C13H18N4O4/c1-16(2)13(19)9-5-6-11(17(20)21)10(8-9)15-7-3-4-12(14)18/h5-6,8,15H,3-4,7H2,1-2H3,(H2,14,18). The van der Waals surface area contributed by atoms with Crippen LogP contribution >= 0.6 is 0 Å². The number of carbonyl (C=O) groups is 2. The molecule has 8 heteroatoms. The van der Waals surface area contributed by atoms with Gasteiger partial charge in [0.2, 0.25) is 5.91 Å². The maximum atomic E-state index is 11.9. The van der Waals surface area contributed by atoms with Gasteiger partial charge in [-0.1, -0.05) is 0 Å². The van der Waals surface area contributed by atoms with Gasteiger partial charge in [-0.3, -0.25) is 19.7 Å². The van der Waals surface area contributed by atoms with E-state index in [1.54, 1.807) is 14.1 Å². The molecule has 0 unspecified atom stereocenters. The van der Waals surface area contributed by atoms with Gasteiger partial charge in [0.05, 0.1) is 4.92 Å². The lowest BCUT2D eigenvalue weighted by Crippen LogP contribution is -2.22. The van der Waals surface area contributed by atoms with Gasteiger partial charge < -0.3 is 16.0 Å². The highest BCUT2D eigenvalue weighted by atomic mass is 16.6. The van der Waals surface area contributed by atoms with E-state index in [1.165, 1.54) is 23.1 Å². The number of hydrogen-bond donors (Lipinski definition) is 2. The lowest BCUT2D eigenvalue weighted by Gasteiger charge is -2.12. The summed E-state index contributed by atoms with van der Waals surface area (Å²) in [6.07, 6.45) is 0.648. The molecule has 2 amide bonds. The molecule has 0 fully saturated rings. The minimum Gasteiger partial charge on any atom is -0.379 e. The fraction of sp³-hybridized carbons (Fsp3) is 0.385. The highest BCUT2D eigenvalue weighted by Crippen LogP contribution is 2.26. The third kappa shape index (κ3) is 4.75.